The van der Waals surface area contributed by atoms with E-state index in [-0.39, 0.29) is 29.9 Å². The molecule has 37 heavy (non-hydrogen) atoms. The fraction of sp³-hybridized carbons (Fsp3) is 0.538. The van der Waals surface area contributed by atoms with Crippen LogP contribution in [0.3, 0.4) is 0 Å². The van der Waals surface area contributed by atoms with Crippen LogP contribution in [0, 0.1) is 5.82 Å². The van der Waals surface area contributed by atoms with E-state index in [2.05, 4.69) is 9.62 Å². The standard InChI is InChI=1S/C26H35ClFN3O5S/c27-19-16-23-22(24(28)17-19)18-25(31-10-2-1-3-11-31)26(23)36-20-4-6-21(7-5-20)37(32,33)30-9-13-35-15-14-34-12-8-29/h4-7,16-17,25-26,30H,1-3,8-15,18,29H2. The zero-order chi connectivity index (χ0) is 26.3. The molecule has 2 aromatic rings. The Bertz CT molecular complexity index is 1130. The van der Waals surface area contributed by atoms with Crippen LogP contribution in [0.1, 0.15) is 36.5 Å². The smallest absolute Gasteiger partial charge is 0.240 e. The SMILES string of the molecule is NCCOCCOCCNS(=O)(=O)c1ccc(OC2c3cc(Cl)cc(F)c3CC2N2CCCCC2)cc1. The van der Waals surface area contributed by atoms with E-state index in [1.54, 1.807) is 18.2 Å². The third-order valence-corrected chi connectivity index (χ3v) is 8.39. The molecule has 0 amide bonds. The van der Waals surface area contributed by atoms with Crippen molar-refractivity contribution >= 4 is 21.6 Å². The Balaban J connectivity index is 1.39. The van der Waals surface area contributed by atoms with Gasteiger partial charge < -0.3 is 19.9 Å². The van der Waals surface area contributed by atoms with Gasteiger partial charge in [-0.25, -0.2) is 17.5 Å². The lowest BCUT2D eigenvalue weighted by Gasteiger charge is -2.35. The highest BCUT2D eigenvalue weighted by molar-refractivity contribution is 7.89. The molecule has 1 fully saturated rings. The molecule has 0 radical (unpaired) electrons. The van der Waals surface area contributed by atoms with Crippen molar-refractivity contribution < 1.29 is 27.0 Å². The van der Waals surface area contributed by atoms with Gasteiger partial charge in [0, 0.05) is 23.7 Å². The number of hydrogen-bond donors (Lipinski definition) is 2. The lowest BCUT2D eigenvalue weighted by Crippen LogP contribution is -2.43. The van der Waals surface area contributed by atoms with Gasteiger partial charge in [0.15, 0.2) is 0 Å². The zero-order valence-corrected chi connectivity index (χ0v) is 22.4. The Morgan fingerprint density at radius 2 is 1.73 bits per heavy atom. The van der Waals surface area contributed by atoms with Crippen LogP contribution in [0.15, 0.2) is 41.3 Å². The summed E-state index contributed by atoms with van der Waals surface area (Å²) >= 11 is 6.19. The molecule has 3 N–H and O–H groups in total. The zero-order valence-electron chi connectivity index (χ0n) is 20.8. The molecule has 4 rings (SSSR count). The Labute approximate surface area is 223 Å². The third kappa shape index (κ3) is 7.41. The molecule has 204 valence electrons. The first-order valence-electron chi connectivity index (χ1n) is 12.7. The maximum absolute atomic E-state index is 14.8. The number of nitrogens with zero attached hydrogens (tertiary/aromatic N) is 1. The minimum Gasteiger partial charge on any atom is -0.484 e. The normalized spacial score (nSPS) is 20.2. The van der Waals surface area contributed by atoms with Crippen molar-refractivity contribution in [1.82, 2.24) is 9.62 Å². The van der Waals surface area contributed by atoms with Crippen molar-refractivity contribution in [2.45, 2.75) is 42.7 Å². The van der Waals surface area contributed by atoms with Crippen LogP contribution >= 0.6 is 11.6 Å². The summed E-state index contributed by atoms with van der Waals surface area (Å²) in [6.45, 7) is 3.95. The van der Waals surface area contributed by atoms with Crippen LogP contribution in [0.5, 0.6) is 5.75 Å². The lowest BCUT2D eigenvalue weighted by molar-refractivity contribution is 0.0530. The van der Waals surface area contributed by atoms with Crippen LogP contribution in [-0.4, -0.2) is 72.0 Å². The topological polar surface area (TPSA) is 103 Å². The van der Waals surface area contributed by atoms with Gasteiger partial charge in [-0.2, -0.15) is 0 Å². The van der Waals surface area contributed by atoms with E-state index >= 15 is 0 Å². The summed E-state index contributed by atoms with van der Waals surface area (Å²) in [5.41, 5.74) is 6.74. The number of fused-ring (bicyclic) bond motifs is 1. The van der Waals surface area contributed by atoms with Crippen molar-refractivity contribution in [3.63, 3.8) is 0 Å². The molecule has 2 aliphatic rings. The summed E-state index contributed by atoms with van der Waals surface area (Å²) in [6.07, 6.45) is 3.57. The first kappa shape index (κ1) is 28.2. The highest BCUT2D eigenvalue weighted by Crippen LogP contribution is 2.41. The van der Waals surface area contributed by atoms with E-state index in [0.29, 0.717) is 49.1 Å². The maximum atomic E-state index is 14.8. The van der Waals surface area contributed by atoms with Crippen LogP contribution in [0.25, 0.3) is 0 Å². The van der Waals surface area contributed by atoms with Crippen molar-refractivity contribution in [2.24, 2.45) is 5.73 Å². The van der Waals surface area contributed by atoms with Gasteiger partial charge in [0.1, 0.15) is 17.7 Å². The van der Waals surface area contributed by atoms with E-state index in [1.165, 1.54) is 24.6 Å². The predicted molar refractivity (Wildman–Crippen MR) is 140 cm³/mol. The van der Waals surface area contributed by atoms with E-state index < -0.39 is 16.1 Å². The third-order valence-electron chi connectivity index (χ3n) is 6.69. The fourth-order valence-electron chi connectivity index (χ4n) is 4.91. The largest absolute Gasteiger partial charge is 0.484 e. The number of nitrogens with one attached hydrogen (secondary N) is 1. The van der Waals surface area contributed by atoms with Gasteiger partial charge in [-0.15, -0.1) is 0 Å². The second-order valence-electron chi connectivity index (χ2n) is 9.24. The number of benzene rings is 2. The summed E-state index contributed by atoms with van der Waals surface area (Å²) in [4.78, 5) is 2.50. The first-order chi connectivity index (χ1) is 17.9. The summed E-state index contributed by atoms with van der Waals surface area (Å²) in [6, 6.07) is 9.40. The quantitative estimate of drug-likeness (QED) is 0.366. The Kier molecular flexibility index (Phi) is 10.2. The summed E-state index contributed by atoms with van der Waals surface area (Å²) < 4.78 is 59.5. The highest BCUT2D eigenvalue weighted by atomic mass is 35.5. The van der Waals surface area contributed by atoms with Gasteiger partial charge in [0.2, 0.25) is 10.0 Å². The minimum atomic E-state index is -3.70. The molecular formula is C26H35ClFN3O5S. The monoisotopic (exact) mass is 555 g/mol. The van der Waals surface area contributed by atoms with Gasteiger partial charge in [-0.05, 0) is 74.3 Å². The second kappa shape index (κ2) is 13.3. The number of rotatable bonds is 13. The molecule has 2 atom stereocenters. The van der Waals surface area contributed by atoms with E-state index in [4.69, 9.17) is 31.5 Å². The molecule has 0 aromatic heterocycles. The number of ether oxygens (including phenoxy) is 3. The molecule has 8 nitrogen and oxygen atoms in total. The van der Waals surface area contributed by atoms with Crippen molar-refractivity contribution in [3.8, 4) is 5.75 Å². The summed E-state index contributed by atoms with van der Waals surface area (Å²) in [5.74, 6) is 0.204. The number of halogens is 2. The van der Waals surface area contributed by atoms with Gasteiger partial charge >= 0.3 is 0 Å². The van der Waals surface area contributed by atoms with E-state index in [9.17, 15) is 12.8 Å². The molecule has 0 saturated carbocycles. The molecular weight excluding hydrogens is 521 g/mol. The van der Waals surface area contributed by atoms with Crippen molar-refractivity contribution in [3.05, 3.63) is 58.4 Å². The van der Waals surface area contributed by atoms with Gasteiger partial charge in [-0.1, -0.05) is 18.0 Å². The number of nitrogens with two attached hydrogens (primary N) is 1. The Hall–Kier alpha value is -1.79. The van der Waals surface area contributed by atoms with Crippen molar-refractivity contribution in [2.75, 3.05) is 52.6 Å². The van der Waals surface area contributed by atoms with Gasteiger partial charge in [-0.3, -0.25) is 4.90 Å². The average Bonchev–Trinajstić information content (AvgIpc) is 3.25. The molecule has 0 spiro atoms. The number of piperidine rings is 1. The molecule has 2 unspecified atom stereocenters. The van der Waals surface area contributed by atoms with Crippen LogP contribution in [-0.2, 0) is 25.9 Å². The number of likely N-dealkylation sites (tertiary alicyclic amines) is 1. The van der Waals surface area contributed by atoms with Gasteiger partial charge in [0.25, 0.3) is 0 Å². The average molecular weight is 556 g/mol. The Morgan fingerprint density at radius 1 is 1.03 bits per heavy atom. The fourth-order valence-corrected chi connectivity index (χ4v) is 6.14. The first-order valence-corrected chi connectivity index (χ1v) is 14.6. The number of hydrogen-bond acceptors (Lipinski definition) is 7. The van der Waals surface area contributed by atoms with E-state index in [0.717, 1.165) is 31.5 Å². The lowest BCUT2D eigenvalue weighted by atomic mass is 10.0. The molecule has 1 saturated heterocycles. The predicted octanol–water partition coefficient (Wildman–Crippen LogP) is 3.28. The highest BCUT2D eigenvalue weighted by Gasteiger charge is 2.40. The van der Waals surface area contributed by atoms with Gasteiger partial charge in [0.05, 0.1) is 37.4 Å². The summed E-state index contributed by atoms with van der Waals surface area (Å²) in [7, 11) is -3.70. The van der Waals surface area contributed by atoms with Crippen LogP contribution < -0.4 is 15.2 Å². The molecule has 11 heteroatoms. The molecule has 1 heterocycles. The minimum absolute atomic E-state index is 0.00551. The molecule has 1 aliphatic carbocycles. The molecule has 2 aromatic carbocycles. The summed E-state index contributed by atoms with van der Waals surface area (Å²) in [5, 5.41) is 0.337. The van der Waals surface area contributed by atoms with Crippen molar-refractivity contribution in [1.29, 1.82) is 0 Å². The molecule has 1 aliphatic heterocycles. The van der Waals surface area contributed by atoms with Crippen LogP contribution in [0.2, 0.25) is 5.02 Å². The van der Waals surface area contributed by atoms with E-state index in [1.807, 2.05) is 0 Å². The van der Waals surface area contributed by atoms with Crippen LogP contribution in [0.4, 0.5) is 4.39 Å². The molecule has 0 bridgehead atoms. The number of sulfonamides is 1. The maximum Gasteiger partial charge on any atom is 0.240 e. The Morgan fingerprint density at radius 3 is 2.43 bits per heavy atom. The second-order valence-corrected chi connectivity index (χ2v) is 11.4.